The Kier molecular flexibility index (Phi) is 4.79. The molecule has 1 aromatic heterocycles. The first kappa shape index (κ1) is 17.5. The van der Waals surface area contributed by atoms with E-state index < -0.39 is 11.6 Å². The van der Waals surface area contributed by atoms with Gasteiger partial charge >= 0.3 is 5.97 Å². The van der Waals surface area contributed by atoms with E-state index in [1.807, 2.05) is 53.2 Å². The summed E-state index contributed by atoms with van der Waals surface area (Å²) < 4.78 is 7.47. The maximum absolute atomic E-state index is 11.2. The van der Waals surface area contributed by atoms with Crippen molar-refractivity contribution in [3.63, 3.8) is 0 Å². The molecule has 0 saturated heterocycles. The van der Waals surface area contributed by atoms with Crippen molar-refractivity contribution in [1.29, 1.82) is 0 Å². The lowest BCUT2D eigenvalue weighted by Crippen LogP contribution is -2.34. The van der Waals surface area contributed by atoms with Crippen molar-refractivity contribution in [3.8, 4) is 0 Å². The Hall–Kier alpha value is -2.37. The van der Waals surface area contributed by atoms with Crippen molar-refractivity contribution < 1.29 is 14.6 Å². The lowest BCUT2D eigenvalue weighted by atomic mass is 10.1. The van der Waals surface area contributed by atoms with Crippen molar-refractivity contribution in [1.82, 2.24) is 9.78 Å². The monoisotopic (exact) mass is 358 g/mol. The van der Waals surface area contributed by atoms with Gasteiger partial charge in [-0.3, -0.25) is 4.68 Å². The highest BCUT2D eigenvalue weighted by atomic mass is 35.5. The quantitative estimate of drug-likeness (QED) is 0.720. The smallest absolute Gasteiger partial charge is 0.335 e. The van der Waals surface area contributed by atoms with Crippen LogP contribution in [-0.2, 0) is 22.7 Å². The molecule has 0 radical (unpaired) electrons. The molecule has 0 fully saturated rings. The number of nitrogens with zero attached hydrogens (tertiary/aromatic N) is 2. The van der Waals surface area contributed by atoms with Crippen LogP contribution in [0.4, 0.5) is 0 Å². The van der Waals surface area contributed by atoms with Gasteiger partial charge in [-0.15, -0.1) is 0 Å². The average Bonchev–Trinajstić information content (AvgIpc) is 2.93. The van der Waals surface area contributed by atoms with E-state index in [9.17, 15) is 9.90 Å². The van der Waals surface area contributed by atoms with Crippen molar-refractivity contribution in [2.24, 2.45) is 0 Å². The second kappa shape index (κ2) is 6.86. The molecule has 0 saturated carbocycles. The van der Waals surface area contributed by atoms with E-state index in [0.717, 1.165) is 22.2 Å². The van der Waals surface area contributed by atoms with Gasteiger partial charge in [0.05, 0.1) is 24.4 Å². The number of hydrogen-bond donors (Lipinski definition) is 1. The number of fused-ring (bicyclic) bond motifs is 1. The third-order valence-electron chi connectivity index (χ3n) is 4.06. The topological polar surface area (TPSA) is 64.4 Å². The number of halogens is 1. The summed E-state index contributed by atoms with van der Waals surface area (Å²) in [6.45, 7) is 3.79. The van der Waals surface area contributed by atoms with E-state index in [4.69, 9.17) is 16.3 Å². The molecule has 0 aliphatic carbocycles. The third kappa shape index (κ3) is 3.83. The lowest BCUT2D eigenvalue weighted by Gasteiger charge is -2.19. The molecule has 3 aromatic rings. The SMILES string of the molecule is CC(C)(OCc1nn(Cc2ccc(Cl)cc2)c2ccccc12)C(=O)O. The number of aromatic nitrogens is 2. The summed E-state index contributed by atoms with van der Waals surface area (Å²) in [7, 11) is 0. The van der Waals surface area contributed by atoms with Crippen LogP contribution < -0.4 is 0 Å². The van der Waals surface area contributed by atoms with Crippen molar-refractivity contribution in [2.75, 3.05) is 0 Å². The minimum atomic E-state index is -1.26. The number of hydrogen-bond acceptors (Lipinski definition) is 3. The van der Waals surface area contributed by atoms with Crippen molar-refractivity contribution >= 4 is 28.5 Å². The van der Waals surface area contributed by atoms with Crippen LogP contribution in [0.1, 0.15) is 25.1 Å². The number of carboxylic acids is 1. The zero-order valence-corrected chi connectivity index (χ0v) is 14.8. The van der Waals surface area contributed by atoms with Gasteiger partial charge in [0.1, 0.15) is 0 Å². The van der Waals surface area contributed by atoms with Crippen molar-refractivity contribution in [3.05, 3.63) is 64.8 Å². The fourth-order valence-electron chi connectivity index (χ4n) is 2.50. The number of carbonyl (C=O) groups is 1. The predicted octanol–water partition coefficient (Wildman–Crippen LogP) is 4.12. The van der Waals surface area contributed by atoms with E-state index >= 15 is 0 Å². The summed E-state index contributed by atoms with van der Waals surface area (Å²) in [5, 5.41) is 15.5. The minimum Gasteiger partial charge on any atom is -0.479 e. The summed E-state index contributed by atoms with van der Waals surface area (Å²) in [6, 6.07) is 15.5. The van der Waals surface area contributed by atoms with Gasteiger partial charge in [-0.2, -0.15) is 5.10 Å². The summed E-state index contributed by atoms with van der Waals surface area (Å²) in [5.41, 5.74) is 1.51. The molecule has 0 unspecified atom stereocenters. The zero-order chi connectivity index (χ0) is 18.0. The maximum Gasteiger partial charge on any atom is 0.335 e. The van der Waals surface area contributed by atoms with Crippen LogP contribution in [-0.4, -0.2) is 26.5 Å². The first-order valence-electron chi connectivity index (χ1n) is 7.93. The molecule has 1 N–H and O–H groups in total. The number of aliphatic carboxylic acids is 1. The van der Waals surface area contributed by atoms with Crippen LogP contribution in [0.2, 0.25) is 5.02 Å². The van der Waals surface area contributed by atoms with E-state index in [1.165, 1.54) is 13.8 Å². The fraction of sp³-hybridized carbons (Fsp3) is 0.263. The second-order valence-corrected chi connectivity index (χ2v) is 6.79. The fourth-order valence-corrected chi connectivity index (χ4v) is 2.62. The standard InChI is InChI=1S/C19H19ClN2O3/c1-19(2,18(23)24)25-12-16-15-5-3-4-6-17(15)22(21-16)11-13-7-9-14(20)10-8-13/h3-10H,11-12H2,1-2H3,(H,23,24). The van der Waals surface area contributed by atoms with Gasteiger partial charge in [-0.25, -0.2) is 4.79 Å². The molecule has 0 spiro atoms. The van der Waals surface area contributed by atoms with Gasteiger partial charge < -0.3 is 9.84 Å². The summed E-state index contributed by atoms with van der Waals surface area (Å²) in [6.07, 6.45) is 0. The molecular formula is C19H19ClN2O3. The van der Waals surface area contributed by atoms with E-state index in [2.05, 4.69) is 5.10 Å². The number of ether oxygens (including phenoxy) is 1. The molecule has 0 atom stereocenters. The van der Waals surface area contributed by atoms with Gasteiger partial charge in [0.15, 0.2) is 5.60 Å². The van der Waals surface area contributed by atoms with Gasteiger partial charge in [0.25, 0.3) is 0 Å². The molecule has 130 valence electrons. The molecule has 2 aromatic carbocycles. The van der Waals surface area contributed by atoms with Crippen LogP contribution in [0.25, 0.3) is 10.9 Å². The van der Waals surface area contributed by atoms with Gasteiger partial charge in [-0.05, 0) is 37.6 Å². The minimum absolute atomic E-state index is 0.132. The second-order valence-electron chi connectivity index (χ2n) is 6.35. The van der Waals surface area contributed by atoms with Crippen LogP contribution >= 0.6 is 11.6 Å². The van der Waals surface area contributed by atoms with Gasteiger partial charge in [0, 0.05) is 10.4 Å². The molecule has 25 heavy (non-hydrogen) atoms. The zero-order valence-electron chi connectivity index (χ0n) is 14.1. The van der Waals surface area contributed by atoms with E-state index in [1.54, 1.807) is 0 Å². The molecule has 0 bridgehead atoms. The molecular weight excluding hydrogens is 340 g/mol. The van der Waals surface area contributed by atoms with Crippen LogP contribution in [0, 0.1) is 0 Å². The summed E-state index contributed by atoms with van der Waals surface area (Å²) in [5.74, 6) is -1.00. The third-order valence-corrected chi connectivity index (χ3v) is 4.32. The Labute approximate surface area is 150 Å². The predicted molar refractivity (Wildman–Crippen MR) is 96.8 cm³/mol. The molecule has 3 rings (SSSR count). The Morgan fingerprint density at radius 1 is 1.20 bits per heavy atom. The molecule has 5 nitrogen and oxygen atoms in total. The van der Waals surface area contributed by atoms with E-state index in [-0.39, 0.29) is 6.61 Å². The highest BCUT2D eigenvalue weighted by Crippen LogP contribution is 2.22. The molecule has 6 heteroatoms. The normalized spacial score (nSPS) is 11.8. The molecule has 1 heterocycles. The Morgan fingerprint density at radius 3 is 2.56 bits per heavy atom. The molecule has 0 amide bonds. The summed E-state index contributed by atoms with van der Waals surface area (Å²) in [4.78, 5) is 11.2. The Balaban J connectivity index is 1.90. The number of carboxylic acid groups (broad SMARTS) is 1. The first-order valence-corrected chi connectivity index (χ1v) is 8.31. The highest BCUT2D eigenvalue weighted by molar-refractivity contribution is 6.30. The molecule has 0 aliphatic rings. The van der Waals surface area contributed by atoms with E-state index in [0.29, 0.717) is 11.6 Å². The van der Waals surface area contributed by atoms with Gasteiger partial charge in [-0.1, -0.05) is 41.9 Å². The lowest BCUT2D eigenvalue weighted by molar-refractivity contribution is -0.162. The number of rotatable bonds is 6. The maximum atomic E-state index is 11.2. The van der Waals surface area contributed by atoms with Crippen LogP contribution in [0.3, 0.4) is 0 Å². The highest BCUT2D eigenvalue weighted by Gasteiger charge is 2.28. The summed E-state index contributed by atoms with van der Waals surface area (Å²) >= 11 is 5.94. The van der Waals surface area contributed by atoms with Gasteiger partial charge in [0.2, 0.25) is 0 Å². The largest absolute Gasteiger partial charge is 0.479 e. The average molecular weight is 359 g/mol. The number of benzene rings is 2. The number of para-hydroxylation sites is 1. The van der Waals surface area contributed by atoms with Crippen LogP contribution in [0.15, 0.2) is 48.5 Å². The first-order chi connectivity index (χ1) is 11.9. The Morgan fingerprint density at radius 2 is 1.88 bits per heavy atom. The molecule has 0 aliphatic heterocycles. The Bertz CT molecular complexity index is 901. The van der Waals surface area contributed by atoms with Crippen LogP contribution in [0.5, 0.6) is 0 Å². The van der Waals surface area contributed by atoms with Crippen molar-refractivity contribution in [2.45, 2.75) is 32.6 Å².